The summed E-state index contributed by atoms with van der Waals surface area (Å²) in [5, 5.41) is 6.88. The number of halogens is 3. The Labute approximate surface area is 174 Å². The standard InChI is InChI=1S/C18H19ClFN3O2.HI/c1-21-18(22-7-6-13-3-4-14(20)9-15(13)19)23-10-12-2-5-16-17(8-12)25-11-24-16;/h2-5,8-9H,6-7,10-11H2,1H3,(H2,21,22,23);1H. The summed E-state index contributed by atoms with van der Waals surface area (Å²) in [4.78, 5) is 4.19. The summed E-state index contributed by atoms with van der Waals surface area (Å²) in [6, 6.07) is 10.2. The highest BCUT2D eigenvalue weighted by molar-refractivity contribution is 14.0. The van der Waals surface area contributed by atoms with Crippen molar-refractivity contribution in [3.63, 3.8) is 0 Å². The Morgan fingerprint density at radius 3 is 2.73 bits per heavy atom. The quantitative estimate of drug-likeness (QED) is 0.380. The van der Waals surface area contributed by atoms with Crippen molar-refractivity contribution in [2.45, 2.75) is 13.0 Å². The monoisotopic (exact) mass is 491 g/mol. The van der Waals surface area contributed by atoms with Gasteiger partial charge in [0.25, 0.3) is 0 Å². The summed E-state index contributed by atoms with van der Waals surface area (Å²) < 4.78 is 23.7. The molecule has 2 N–H and O–H groups in total. The third kappa shape index (κ3) is 5.38. The predicted octanol–water partition coefficient (Wildman–Crippen LogP) is 3.73. The van der Waals surface area contributed by atoms with E-state index in [0.29, 0.717) is 30.5 Å². The van der Waals surface area contributed by atoms with Crippen LogP contribution in [-0.2, 0) is 13.0 Å². The lowest BCUT2D eigenvalue weighted by atomic mass is 10.1. The number of nitrogens with zero attached hydrogens (tertiary/aromatic N) is 1. The molecule has 1 aliphatic heterocycles. The number of hydrogen-bond donors (Lipinski definition) is 2. The van der Waals surface area contributed by atoms with E-state index in [0.717, 1.165) is 22.6 Å². The van der Waals surface area contributed by atoms with Gasteiger partial charge in [-0.2, -0.15) is 0 Å². The first kappa shape index (κ1) is 20.6. The third-order valence-electron chi connectivity index (χ3n) is 3.82. The van der Waals surface area contributed by atoms with Gasteiger partial charge < -0.3 is 20.1 Å². The van der Waals surface area contributed by atoms with Gasteiger partial charge in [0.05, 0.1) is 0 Å². The summed E-state index contributed by atoms with van der Waals surface area (Å²) in [5.74, 6) is 1.87. The van der Waals surface area contributed by atoms with Gasteiger partial charge in [-0.05, 0) is 41.8 Å². The van der Waals surface area contributed by atoms with Crippen LogP contribution in [0.15, 0.2) is 41.4 Å². The predicted molar refractivity (Wildman–Crippen MR) is 111 cm³/mol. The summed E-state index contributed by atoms with van der Waals surface area (Å²) in [5.41, 5.74) is 1.95. The maximum absolute atomic E-state index is 13.1. The number of hydrogen-bond acceptors (Lipinski definition) is 3. The zero-order valence-corrected chi connectivity index (χ0v) is 17.3. The molecule has 0 saturated carbocycles. The van der Waals surface area contributed by atoms with Crippen LogP contribution in [-0.4, -0.2) is 26.3 Å². The molecule has 0 saturated heterocycles. The molecular formula is C18H20ClFIN3O2. The van der Waals surface area contributed by atoms with Crippen molar-refractivity contribution in [3.8, 4) is 11.5 Å². The van der Waals surface area contributed by atoms with E-state index in [4.69, 9.17) is 21.1 Å². The zero-order chi connectivity index (χ0) is 17.6. The molecule has 26 heavy (non-hydrogen) atoms. The minimum absolute atomic E-state index is 0. The fraction of sp³-hybridized carbons (Fsp3) is 0.278. The van der Waals surface area contributed by atoms with E-state index in [-0.39, 0.29) is 36.6 Å². The number of ether oxygens (including phenoxy) is 2. The van der Waals surface area contributed by atoms with Gasteiger partial charge in [0.2, 0.25) is 6.79 Å². The van der Waals surface area contributed by atoms with E-state index >= 15 is 0 Å². The molecule has 0 unspecified atom stereocenters. The molecule has 1 heterocycles. The average molecular weight is 492 g/mol. The lowest BCUT2D eigenvalue weighted by molar-refractivity contribution is 0.174. The van der Waals surface area contributed by atoms with Gasteiger partial charge in [0, 0.05) is 25.2 Å². The molecule has 0 aliphatic carbocycles. The van der Waals surface area contributed by atoms with E-state index in [9.17, 15) is 4.39 Å². The Bertz CT molecular complexity index is 789. The maximum atomic E-state index is 13.1. The van der Waals surface area contributed by atoms with Crippen LogP contribution >= 0.6 is 35.6 Å². The fourth-order valence-electron chi connectivity index (χ4n) is 2.50. The van der Waals surface area contributed by atoms with Crippen LogP contribution in [0.5, 0.6) is 11.5 Å². The van der Waals surface area contributed by atoms with Gasteiger partial charge in [0.15, 0.2) is 17.5 Å². The molecular weight excluding hydrogens is 472 g/mol. The largest absolute Gasteiger partial charge is 0.454 e. The minimum atomic E-state index is -0.331. The maximum Gasteiger partial charge on any atom is 0.231 e. The van der Waals surface area contributed by atoms with Gasteiger partial charge in [0.1, 0.15) is 5.82 Å². The third-order valence-corrected chi connectivity index (χ3v) is 4.17. The van der Waals surface area contributed by atoms with Crippen molar-refractivity contribution in [2.24, 2.45) is 4.99 Å². The number of nitrogens with one attached hydrogen (secondary N) is 2. The zero-order valence-electron chi connectivity index (χ0n) is 14.2. The van der Waals surface area contributed by atoms with Crippen molar-refractivity contribution in [1.82, 2.24) is 10.6 Å². The smallest absolute Gasteiger partial charge is 0.231 e. The second kappa shape index (κ2) is 9.82. The summed E-state index contributed by atoms with van der Waals surface area (Å²) in [6.07, 6.45) is 0.670. The van der Waals surface area contributed by atoms with Crippen LogP contribution in [0.2, 0.25) is 5.02 Å². The van der Waals surface area contributed by atoms with E-state index in [2.05, 4.69) is 15.6 Å². The van der Waals surface area contributed by atoms with E-state index in [1.54, 1.807) is 13.1 Å². The highest BCUT2D eigenvalue weighted by Gasteiger charge is 2.13. The van der Waals surface area contributed by atoms with Crippen molar-refractivity contribution < 1.29 is 13.9 Å². The van der Waals surface area contributed by atoms with Crippen molar-refractivity contribution in [1.29, 1.82) is 0 Å². The SMILES string of the molecule is CN=C(NCCc1ccc(F)cc1Cl)NCc1ccc2c(c1)OCO2.I. The minimum Gasteiger partial charge on any atom is -0.454 e. The second-order valence-electron chi connectivity index (χ2n) is 5.53. The van der Waals surface area contributed by atoms with Gasteiger partial charge in [-0.3, -0.25) is 4.99 Å². The fourth-order valence-corrected chi connectivity index (χ4v) is 2.76. The number of rotatable bonds is 5. The number of aliphatic imine (C=N–C) groups is 1. The molecule has 5 nitrogen and oxygen atoms in total. The highest BCUT2D eigenvalue weighted by atomic mass is 127. The van der Waals surface area contributed by atoms with Crippen molar-refractivity contribution in [2.75, 3.05) is 20.4 Å². The Morgan fingerprint density at radius 2 is 1.96 bits per heavy atom. The Kier molecular flexibility index (Phi) is 7.77. The molecule has 140 valence electrons. The lowest BCUT2D eigenvalue weighted by Crippen LogP contribution is -2.37. The van der Waals surface area contributed by atoms with Crippen LogP contribution in [0, 0.1) is 5.82 Å². The molecule has 0 spiro atoms. The molecule has 0 fully saturated rings. The molecule has 0 amide bonds. The first-order valence-electron chi connectivity index (χ1n) is 7.92. The van der Waals surface area contributed by atoms with Crippen LogP contribution < -0.4 is 20.1 Å². The average Bonchev–Trinajstić information content (AvgIpc) is 3.07. The van der Waals surface area contributed by atoms with Crippen LogP contribution in [0.3, 0.4) is 0 Å². The lowest BCUT2D eigenvalue weighted by Gasteiger charge is -2.12. The van der Waals surface area contributed by atoms with Crippen LogP contribution in [0.1, 0.15) is 11.1 Å². The van der Waals surface area contributed by atoms with Gasteiger partial charge in [-0.1, -0.05) is 23.7 Å². The Morgan fingerprint density at radius 1 is 1.15 bits per heavy atom. The molecule has 2 aromatic rings. The van der Waals surface area contributed by atoms with E-state index in [1.165, 1.54) is 12.1 Å². The Balaban J connectivity index is 0.00000243. The van der Waals surface area contributed by atoms with E-state index in [1.807, 2.05) is 18.2 Å². The molecule has 0 bridgehead atoms. The molecule has 1 aliphatic rings. The summed E-state index contributed by atoms with van der Waals surface area (Å²) in [7, 11) is 1.71. The molecule has 0 atom stereocenters. The first-order chi connectivity index (χ1) is 12.2. The van der Waals surface area contributed by atoms with Gasteiger partial charge >= 0.3 is 0 Å². The molecule has 0 aromatic heterocycles. The number of fused-ring (bicyclic) bond motifs is 1. The second-order valence-corrected chi connectivity index (χ2v) is 5.93. The van der Waals surface area contributed by atoms with E-state index < -0.39 is 0 Å². The van der Waals surface area contributed by atoms with Crippen molar-refractivity contribution >= 4 is 41.5 Å². The molecule has 0 radical (unpaired) electrons. The van der Waals surface area contributed by atoms with Gasteiger partial charge in [-0.15, -0.1) is 24.0 Å². The molecule has 3 rings (SSSR count). The van der Waals surface area contributed by atoms with Crippen LogP contribution in [0.4, 0.5) is 4.39 Å². The molecule has 8 heteroatoms. The normalized spacial score (nSPS) is 12.5. The molecule has 2 aromatic carbocycles. The Hall–Kier alpha value is -1.74. The number of guanidine groups is 1. The topological polar surface area (TPSA) is 54.9 Å². The summed E-state index contributed by atoms with van der Waals surface area (Å²) in [6.45, 7) is 1.50. The van der Waals surface area contributed by atoms with Crippen molar-refractivity contribution in [3.05, 3.63) is 58.4 Å². The van der Waals surface area contributed by atoms with Gasteiger partial charge in [-0.25, -0.2) is 4.39 Å². The summed E-state index contributed by atoms with van der Waals surface area (Å²) >= 11 is 6.03. The number of benzene rings is 2. The first-order valence-corrected chi connectivity index (χ1v) is 8.30. The highest BCUT2D eigenvalue weighted by Crippen LogP contribution is 2.32. The van der Waals surface area contributed by atoms with Crippen LogP contribution in [0.25, 0.3) is 0 Å².